The van der Waals surface area contributed by atoms with E-state index in [1.165, 1.54) is 23.1 Å². The molecule has 0 bridgehead atoms. The Morgan fingerprint density at radius 3 is 2.65 bits per heavy atom. The quantitative estimate of drug-likeness (QED) is 0.852. The van der Waals surface area contributed by atoms with Crippen LogP contribution in [0.3, 0.4) is 0 Å². The second kappa shape index (κ2) is 5.84. The molecule has 4 nitrogen and oxygen atoms in total. The molecular weight excluding hydrogens is 276 g/mol. The van der Waals surface area contributed by atoms with Gasteiger partial charge in [0, 0.05) is 6.54 Å². The van der Waals surface area contributed by atoms with Gasteiger partial charge in [-0.25, -0.2) is 0 Å². The number of aromatic hydroxyl groups is 1. The van der Waals surface area contributed by atoms with Crippen LogP contribution in [0, 0.1) is 0 Å². The molecule has 0 spiro atoms. The SMILES string of the molecule is CCN(C(=O)c1cc(O)ccc1Cl)c1ccccc1N. The Morgan fingerprint density at radius 1 is 1.30 bits per heavy atom. The highest BCUT2D eigenvalue weighted by molar-refractivity contribution is 6.34. The zero-order chi connectivity index (χ0) is 14.7. The minimum absolute atomic E-state index is 0.00478. The van der Waals surface area contributed by atoms with E-state index < -0.39 is 0 Å². The number of hydrogen-bond acceptors (Lipinski definition) is 3. The summed E-state index contributed by atoms with van der Waals surface area (Å²) >= 11 is 6.03. The number of para-hydroxylation sites is 2. The molecule has 0 heterocycles. The summed E-state index contributed by atoms with van der Waals surface area (Å²) in [6.07, 6.45) is 0. The van der Waals surface area contributed by atoms with Crippen LogP contribution >= 0.6 is 11.6 Å². The van der Waals surface area contributed by atoms with Gasteiger partial charge in [0.2, 0.25) is 0 Å². The van der Waals surface area contributed by atoms with Crippen molar-refractivity contribution in [3.8, 4) is 5.75 Å². The monoisotopic (exact) mass is 290 g/mol. The number of carbonyl (C=O) groups excluding carboxylic acids is 1. The van der Waals surface area contributed by atoms with E-state index in [2.05, 4.69) is 0 Å². The molecule has 0 fully saturated rings. The standard InChI is InChI=1S/C15H15ClN2O2/c1-2-18(14-6-4-3-5-13(14)17)15(20)11-9-10(19)7-8-12(11)16/h3-9,19H,2,17H2,1H3. The Labute approximate surface area is 122 Å². The first-order valence-corrected chi connectivity index (χ1v) is 6.57. The zero-order valence-corrected chi connectivity index (χ0v) is 11.8. The maximum Gasteiger partial charge on any atom is 0.259 e. The van der Waals surface area contributed by atoms with Crippen molar-refractivity contribution in [1.82, 2.24) is 0 Å². The normalized spacial score (nSPS) is 10.3. The van der Waals surface area contributed by atoms with Crippen molar-refractivity contribution < 1.29 is 9.90 Å². The van der Waals surface area contributed by atoms with Gasteiger partial charge in [-0.1, -0.05) is 23.7 Å². The Morgan fingerprint density at radius 2 is 2.00 bits per heavy atom. The van der Waals surface area contributed by atoms with E-state index in [0.29, 0.717) is 22.9 Å². The minimum atomic E-state index is -0.300. The number of rotatable bonds is 3. The first kappa shape index (κ1) is 14.2. The first-order chi connectivity index (χ1) is 9.54. The van der Waals surface area contributed by atoms with Crippen LogP contribution in [-0.2, 0) is 0 Å². The number of halogens is 1. The molecule has 0 saturated heterocycles. The minimum Gasteiger partial charge on any atom is -0.508 e. The molecule has 3 N–H and O–H groups in total. The van der Waals surface area contributed by atoms with E-state index in [9.17, 15) is 9.90 Å². The summed E-state index contributed by atoms with van der Waals surface area (Å²) in [4.78, 5) is 14.1. The van der Waals surface area contributed by atoms with Crippen LogP contribution in [0.4, 0.5) is 11.4 Å². The molecule has 0 unspecified atom stereocenters. The number of amides is 1. The van der Waals surface area contributed by atoms with Crippen LogP contribution in [0.1, 0.15) is 17.3 Å². The van der Waals surface area contributed by atoms with Crippen LogP contribution in [0.2, 0.25) is 5.02 Å². The summed E-state index contributed by atoms with van der Waals surface area (Å²) in [6, 6.07) is 11.4. The summed E-state index contributed by atoms with van der Waals surface area (Å²) in [6.45, 7) is 2.29. The van der Waals surface area contributed by atoms with Gasteiger partial charge < -0.3 is 15.7 Å². The van der Waals surface area contributed by atoms with Crippen LogP contribution in [-0.4, -0.2) is 17.6 Å². The molecule has 2 aromatic carbocycles. The van der Waals surface area contributed by atoms with Crippen LogP contribution in [0.25, 0.3) is 0 Å². The largest absolute Gasteiger partial charge is 0.508 e. The lowest BCUT2D eigenvalue weighted by molar-refractivity contribution is 0.0988. The third-order valence-corrected chi connectivity index (χ3v) is 3.30. The second-order valence-electron chi connectivity index (χ2n) is 4.27. The van der Waals surface area contributed by atoms with Crippen molar-refractivity contribution in [2.75, 3.05) is 17.2 Å². The maximum absolute atomic E-state index is 12.6. The van der Waals surface area contributed by atoms with Gasteiger partial charge in [-0.3, -0.25) is 4.79 Å². The molecule has 0 aliphatic carbocycles. The van der Waals surface area contributed by atoms with E-state index in [-0.39, 0.29) is 17.2 Å². The lowest BCUT2D eigenvalue weighted by Gasteiger charge is -2.23. The number of nitrogen functional groups attached to an aromatic ring is 1. The lowest BCUT2D eigenvalue weighted by Crippen LogP contribution is -2.31. The van der Waals surface area contributed by atoms with Gasteiger partial charge >= 0.3 is 0 Å². The van der Waals surface area contributed by atoms with Gasteiger partial charge in [0.15, 0.2) is 0 Å². The predicted octanol–water partition coefficient (Wildman–Crippen LogP) is 3.29. The molecule has 0 aliphatic heterocycles. The van der Waals surface area contributed by atoms with Gasteiger partial charge in [0.1, 0.15) is 5.75 Å². The number of nitrogens with two attached hydrogens (primary N) is 1. The summed E-state index contributed by atoms with van der Waals surface area (Å²) in [7, 11) is 0. The fraction of sp³-hybridized carbons (Fsp3) is 0.133. The first-order valence-electron chi connectivity index (χ1n) is 6.19. The molecule has 0 saturated carbocycles. The van der Waals surface area contributed by atoms with E-state index in [0.717, 1.165) is 0 Å². The highest BCUT2D eigenvalue weighted by Crippen LogP contribution is 2.28. The van der Waals surface area contributed by atoms with Crippen LogP contribution in [0.5, 0.6) is 5.75 Å². The molecule has 0 aliphatic rings. The topological polar surface area (TPSA) is 66.6 Å². The Hall–Kier alpha value is -2.20. The van der Waals surface area contributed by atoms with Crippen LogP contribution < -0.4 is 10.6 Å². The smallest absolute Gasteiger partial charge is 0.259 e. The Balaban J connectivity index is 2.45. The highest BCUT2D eigenvalue weighted by Gasteiger charge is 2.20. The fourth-order valence-corrected chi connectivity index (χ4v) is 2.18. The Kier molecular flexibility index (Phi) is 4.15. The van der Waals surface area contributed by atoms with Crippen molar-refractivity contribution in [2.45, 2.75) is 6.92 Å². The van der Waals surface area contributed by atoms with E-state index in [4.69, 9.17) is 17.3 Å². The number of anilines is 2. The van der Waals surface area contributed by atoms with Gasteiger partial charge in [-0.2, -0.15) is 0 Å². The average Bonchev–Trinajstić information content (AvgIpc) is 2.44. The number of benzene rings is 2. The summed E-state index contributed by atoms with van der Waals surface area (Å²) in [5, 5.41) is 9.80. The van der Waals surface area contributed by atoms with Crippen LogP contribution in [0.15, 0.2) is 42.5 Å². The van der Waals surface area contributed by atoms with E-state index in [1.807, 2.05) is 13.0 Å². The molecule has 0 atom stereocenters. The number of hydrogen-bond donors (Lipinski definition) is 2. The number of phenols is 1. The van der Waals surface area contributed by atoms with E-state index >= 15 is 0 Å². The van der Waals surface area contributed by atoms with Gasteiger partial charge in [-0.05, 0) is 37.3 Å². The molecule has 2 aromatic rings. The van der Waals surface area contributed by atoms with Gasteiger partial charge in [0.05, 0.1) is 22.0 Å². The van der Waals surface area contributed by atoms with Gasteiger partial charge in [-0.15, -0.1) is 0 Å². The van der Waals surface area contributed by atoms with Crippen molar-refractivity contribution >= 4 is 28.9 Å². The van der Waals surface area contributed by atoms with Gasteiger partial charge in [0.25, 0.3) is 5.91 Å². The molecule has 5 heteroatoms. The Bertz CT molecular complexity index is 644. The van der Waals surface area contributed by atoms with Crippen molar-refractivity contribution in [3.05, 3.63) is 53.1 Å². The summed E-state index contributed by atoms with van der Waals surface area (Å²) in [5.74, 6) is -0.305. The van der Waals surface area contributed by atoms with Crippen molar-refractivity contribution in [3.63, 3.8) is 0 Å². The third-order valence-electron chi connectivity index (χ3n) is 2.97. The fourth-order valence-electron chi connectivity index (χ4n) is 1.98. The maximum atomic E-state index is 12.6. The number of phenolic OH excluding ortho intramolecular Hbond substituents is 1. The molecule has 2 rings (SSSR count). The molecule has 104 valence electrons. The molecule has 1 amide bonds. The third kappa shape index (κ3) is 2.70. The summed E-state index contributed by atoms with van der Waals surface area (Å²) in [5.41, 5.74) is 7.29. The number of carbonyl (C=O) groups is 1. The molecule has 0 radical (unpaired) electrons. The molecular formula is C15H15ClN2O2. The average molecular weight is 291 g/mol. The number of nitrogens with zero attached hydrogens (tertiary/aromatic N) is 1. The molecule has 20 heavy (non-hydrogen) atoms. The lowest BCUT2D eigenvalue weighted by atomic mass is 10.1. The van der Waals surface area contributed by atoms with Crippen molar-refractivity contribution in [1.29, 1.82) is 0 Å². The summed E-state index contributed by atoms with van der Waals surface area (Å²) < 4.78 is 0. The second-order valence-corrected chi connectivity index (χ2v) is 4.68. The highest BCUT2D eigenvalue weighted by atomic mass is 35.5. The zero-order valence-electron chi connectivity index (χ0n) is 11.0. The van der Waals surface area contributed by atoms with Crippen molar-refractivity contribution in [2.24, 2.45) is 0 Å². The molecule has 0 aromatic heterocycles. The van der Waals surface area contributed by atoms with E-state index in [1.54, 1.807) is 18.2 Å². The predicted molar refractivity (Wildman–Crippen MR) is 81.3 cm³/mol.